The number of Topliss-reactive ketones (excluding diaryl/α,β-unsaturated/α-hetero) is 1. The number of hydrogen-bond acceptors (Lipinski definition) is 3. The van der Waals surface area contributed by atoms with Gasteiger partial charge in [-0.3, -0.25) is 9.59 Å². The van der Waals surface area contributed by atoms with E-state index >= 15 is 0 Å². The Bertz CT molecular complexity index is 258. The van der Waals surface area contributed by atoms with Gasteiger partial charge in [0.2, 0.25) is 5.91 Å². The summed E-state index contributed by atoms with van der Waals surface area (Å²) in [4.78, 5) is 23.4. The number of carbonyl (C=O) groups excluding carboxylic acids is 2. The molecule has 2 N–H and O–H groups in total. The van der Waals surface area contributed by atoms with Crippen LogP contribution in [0.3, 0.4) is 0 Å². The van der Waals surface area contributed by atoms with Crippen molar-refractivity contribution in [2.24, 2.45) is 5.92 Å². The van der Waals surface area contributed by atoms with Crippen LogP contribution in [0.2, 0.25) is 0 Å². The molecule has 94 valence electrons. The lowest BCUT2D eigenvalue weighted by Gasteiger charge is -2.26. The van der Waals surface area contributed by atoms with E-state index in [9.17, 15) is 9.59 Å². The first kappa shape index (κ1) is 15.1. The van der Waals surface area contributed by atoms with Crippen LogP contribution in [0.15, 0.2) is 0 Å². The van der Waals surface area contributed by atoms with Crippen molar-refractivity contribution in [2.45, 2.75) is 53.1 Å². The van der Waals surface area contributed by atoms with Crippen LogP contribution < -0.4 is 10.6 Å². The van der Waals surface area contributed by atoms with E-state index < -0.39 is 5.54 Å². The Morgan fingerprint density at radius 1 is 1.12 bits per heavy atom. The average molecular weight is 228 g/mol. The van der Waals surface area contributed by atoms with E-state index in [2.05, 4.69) is 10.6 Å². The van der Waals surface area contributed by atoms with E-state index in [1.54, 1.807) is 13.8 Å². The van der Waals surface area contributed by atoms with Crippen molar-refractivity contribution in [3.8, 4) is 0 Å². The second kappa shape index (κ2) is 5.99. The molecule has 0 saturated carbocycles. The van der Waals surface area contributed by atoms with E-state index in [0.29, 0.717) is 0 Å². The third kappa shape index (κ3) is 5.26. The summed E-state index contributed by atoms with van der Waals surface area (Å²) in [5, 5.41) is 5.75. The maximum Gasteiger partial charge on any atom is 0.234 e. The Balaban J connectivity index is 4.25. The van der Waals surface area contributed by atoms with Gasteiger partial charge in [0.05, 0.1) is 12.1 Å². The molecule has 0 rings (SSSR count). The maximum atomic E-state index is 11.8. The summed E-state index contributed by atoms with van der Waals surface area (Å²) >= 11 is 0. The molecule has 16 heavy (non-hydrogen) atoms. The zero-order valence-electron chi connectivity index (χ0n) is 11.2. The van der Waals surface area contributed by atoms with Crippen molar-refractivity contribution in [1.29, 1.82) is 0 Å². The normalized spacial score (nSPS) is 12.0. The van der Waals surface area contributed by atoms with Gasteiger partial charge in [0.25, 0.3) is 0 Å². The Labute approximate surface area is 98.2 Å². The third-order valence-electron chi connectivity index (χ3n) is 2.26. The summed E-state index contributed by atoms with van der Waals surface area (Å²) in [7, 11) is 0. The molecule has 4 heteroatoms. The van der Waals surface area contributed by atoms with Gasteiger partial charge in [-0.1, -0.05) is 27.7 Å². The molecule has 0 saturated heterocycles. The quantitative estimate of drug-likeness (QED) is 0.716. The first-order valence-corrected chi connectivity index (χ1v) is 5.75. The van der Waals surface area contributed by atoms with Crippen molar-refractivity contribution >= 4 is 11.7 Å². The Morgan fingerprint density at radius 3 is 2.00 bits per heavy atom. The lowest BCUT2D eigenvalue weighted by molar-refractivity contribution is -0.132. The van der Waals surface area contributed by atoms with E-state index in [0.717, 1.165) is 0 Å². The van der Waals surface area contributed by atoms with Gasteiger partial charge in [-0.2, -0.15) is 0 Å². The standard InChI is InChI=1S/C12H24N2O2/c1-8(2)11(16)12(5,6)14-10(15)7-13-9(3)4/h8-9,13H,7H2,1-6H3,(H,14,15). The first-order chi connectivity index (χ1) is 7.16. The molecule has 4 nitrogen and oxygen atoms in total. The highest BCUT2D eigenvalue weighted by Crippen LogP contribution is 2.10. The fraction of sp³-hybridized carbons (Fsp3) is 0.833. The number of hydrogen-bond donors (Lipinski definition) is 2. The highest BCUT2D eigenvalue weighted by molar-refractivity contribution is 5.93. The average Bonchev–Trinajstić information content (AvgIpc) is 2.12. The molecule has 0 aliphatic rings. The van der Waals surface area contributed by atoms with Gasteiger partial charge in [-0.25, -0.2) is 0 Å². The largest absolute Gasteiger partial charge is 0.343 e. The highest BCUT2D eigenvalue weighted by Gasteiger charge is 2.30. The van der Waals surface area contributed by atoms with Crippen molar-refractivity contribution in [3.63, 3.8) is 0 Å². The van der Waals surface area contributed by atoms with E-state index in [1.807, 2.05) is 27.7 Å². The summed E-state index contributed by atoms with van der Waals surface area (Å²) in [6.07, 6.45) is 0. The predicted molar refractivity (Wildman–Crippen MR) is 65.2 cm³/mol. The number of carbonyl (C=O) groups is 2. The molecular weight excluding hydrogens is 204 g/mol. The molecule has 0 aliphatic heterocycles. The molecule has 0 heterocycles. The van der Waals surface area contributed by atoms with Gasteiger partial charge in [-0.05, 0) is 13.8 Å². The lowest BCUT2D eigenvalue weighted by Crippen LogP contribution is -2.53. The Hall–Kier alpha value is -0.900. The zero-order valence-corrected chi connectivity index (χ0v) is 11.2. The molecule has 0 fully saturated rings. The first-order valence-electron chi connectivity index (χ1n) is 5.75. The van der Waals surface area contributed by atoms with Crippen LogP contribution in [0.1, 0.15) is 41.5 Å². The number of ketones is 1. The van der Waals surface area contributed by atoms with Crippen molar-refractivity contribution in [2.75, 3.05) is 6.54 Å². The fourth-order valence-electron chi connectivity index (χ4n) is 1.47. The fourth-order valence-corrected chi connectivity index (χ4v) is 1.47. The summed E-state index contributed by atoms with van der Waals surface area (Å²) < 4.78 is 0. The number of nitrogens with one attached hydrogen (secondary N) is 2. The van der Waals surface area contributed by atoms with Crippen LogP contribution in [0, 0.1) is 5.92 Å². The monoisotopic (exact) mass is 228 g/mol. The van der Waals surface area contributed by atoms with Crippen molar-refractivity contribution in [3.05, 3.63) is 0 Å². The summed E-state index contributed by atoms with van der Waals surface area (Å²) in [5.41, 5.74) is -0.788. The van der Waals surface area contributed by atoms with E-state index in [4.69, 9.17) is 0 Å². The second-order valence-corrected chi connectivity index (χ2v) is 5.23. The predicted octanol–water partition coefficient (Wildman–Crippen LogP) is 1.10. The van der Waals surface area contributed by atoms with E-state index in [-0.39, 0.29) is 30.2 Å². The molecule has 0 spiro atoms. The van der Waals surface area contributed by atoms with Crippen molar-refractivity contribution < 1.29 is 9.59 Å². The van der Waals surface area contributed by atoms with Gasteiger partial charge in [0.15, 0.2) is 5.78 Å². The van der Waals surface area contributed by atoms with Crippen LogP contribution in [-0.2, 0) is 9.59 Å². The molecule has 0 aromatic rings. The van der Waals surface area contributed by atoms with Crippen LogP contribution in [0.4, 0.5) is 0 Å². The Morgan fingerprint density at radius 2 is 1.62 bits per heavy atom. The van der Waals surface area contributed by atoms with Gasteiger partial charge < -0.3 is 10.6 Å². The topological polar surface area (TPSA) is 58.2 Å². The molecular formula is C12H24N2O2. The maximum absolute atomic E-state index is 11.8. The smallest absolute Gasteiger partial charge is 0.234 e. The van der Waals surface area contributed by atoms with Gasteiger partial charge in [0.1, 0.15) is 0 Å². The van der Waals surface area contributed by atoms with Gasteiger partial charge in [-0.15, -0.1) is 0 Å². The van der Waals surface area contributed by atoms with Crippen LogP contribution in [0.25, 0.3) is 0 Å². The molecule has 0 atom stereocenters. The molecule has 0 unspecified atom stereocenters. The van der Waals surface area contributed by atoms with Gasteiger partial charge in [0, 0.05) is 12.0 Å². The Kier molecular flexibility index (Phi) is 5.65. The number of amides is 1. The molecule has 0 radical (unpaired) electrons. The number of rotatable bonds is 6. The minimum Gasteiger partial charge on any atom is -0.343 e. The highest BCUT2D eigenvalue weighted by atomic mass is 16.2. The van der Waals surface area contributed by atoms with Crippen molar-refractivity contribution in [1.82, 2.24) is 10.6 Å². The zero-order chi connectivity index (χ0) is 12.9. The van der Waals surface area contributed by atoms with Crippen LogP contribution in [-0.4, -0.2) is 29.8 Å². The minimum atomic E-state index is -0.788. The third-order valence-corrected chi connectivity index (χ3v) is 2.26. The molecule has 0 aromatic carbocycles. The minimum absolute atomic E-state index is 0.0467. The molecule has 1 amide bonds. The molecule has 0 aliphatic carbocycles. The molecule has 0 bridgehead atoms. The summed E-state index contributed by atoms with van der Waals surface area (Å²) in [6, 6.07) is 0.259. The molecule has 0 aromatic heterocycles. The lowest BCUT2D eigenvalue weighted by atomic mass is 9.91. The van der Waals surface area contributed by atoms with E-state index in [1.165, 1.54) is 0 Å². The summed E-state index contributed by atoms with van der Waals surface area (Å²) in [6.45, 7) is 11.3. The van der Waals surface area contributed by atoms with Crippen LogP contribution >= 0.6 is 0 Å². The summed E-state index contributed by atoms with van der Waals surface area (Å²) in [5.74, 6) is -0.175. The SMILES string of the molecule is CC(C)NCC(=O)NC(C)(C)C(=O)C(C)C. The van der Waals surface area contributed by atoms with Crippen LogP contribution in [0.5, 0.6) is 0 Å². The second-order valence-electron chi connectivity index (χ2n) is 5.23. The van der Waals surface area contributed by atoms with Gasteiger partial charge >= 0.3 is 0 Å².